The molecule has 0 aromatic rings. The Morgan fingerprint density at radius 1 is 0.808 bits per heavy atom. The fourth-order valence-corrected chi connectivity index (χ4v) is 2.96. The Morgan fingerprint density at radius 2 is 1.31 bits per heavy atom. The molecule has 5 nitrogen and oxygen atoms in total. The number of carboxylic acids is 1. The largest absolute Gasteiger partial charge is 0.481 e. The molecular formula is C21H38O5. The third-order valence-corrected chi connectivity index (χ3v) is 4.51. The lowest BCUT2D eigenvalue weighted by Crippen LogP contribution is -2.22. The van der Waals surface area contributed by atoms with Crippen molar-refractivity contribution in [2.75, 3.05) is 0 Å². The quantitative estimate of drug-likeness (QED) is 0.256. The normalized spacial score (nSPS) is 11.9. The molecule has 5 heteroatoms. The van der Waals surface area contributed by atoms with Gasteiger partial charge in [-0.1, -0.05) is 71.1 Å². The molecule has 0 radical (unpaired) electrons. The Kier molecular flexibility index (Phi) is 16.1. The Labute approximate surface area is 158 Å². The summed E-state index contributed by atoms with van der Waals surface area (Å²) in [5.41, 5.74) is 0. The first kappa shape index (κ1) is 24.6. The highest BCUT2D eigenvalue weighted by molar-refractivity contribution is 5.81. The fraction of sp³-hybridized carbons (Fsp3) is 0.857. The molecule has 1 N–H and O–H groups in total. The molecule has 0 amide bonds. The average Bonchev–Trinajstić information content (AvgIpc) is 2.57. The monoisotopic (exact) mass is 370 g/mol. The van der Waals surface area contributed by atoms with Gasteiger partial charge in [0, 0.05) is 6.42 Å². The van der Waals surface area contributed by atoms with Gasteiger partial charge in [0.1, 0.15) is 11.9 Å². The number of esters is 1. The maximum absolute atomic E-state index is 11.7. The highest BCUT2D eigenvalue weighted by atomic mass is 16.5. The van der Waals surface area contributed by atoms with Crippen LogP contribution in [0.25, 0.3) is 0 Å². The van der Waals surface area contributed by atoms with Crippen LogP contribution < -0.4 is 0 Å². The number of carboxylic acid groups (broad SMARTS) is 1. The minimum Gasteiger partial charge on any atom is -0.481 e. The van der Waals surface area contributed by atoms with Crippen molar-refractivity contribution in [2.24, 2.45) is 0 Å². The van der Waals surface area contributed by atoms with Crippen LogP contribution in [0.15, 0.2) is 0 Å². The van der Waals surface area contributed by atoms with Gasteiger partial charge >= 0.3 is 11.9 Å². The number of hydrogen-bond acceptors (Lipinski definition) is 4. The van der Waals surface area contributed by atoms with E-state index in [2.05, 4.69) is 6.92 Å². The van der Waals surface area contributed by atoms with Crippen molar-refractivity contribution in [3.63, 3.8) is 0 Å². The molecule has 0 aromatic carbocycles. The molecular weight excluding hydrogens is 332 g/mol. The number of rotatable bonds is 18. The SMILES string of the molecule is CCCCCCCCCCCCC[C@H](CC(=O)O)OC(=O)CCC(C)=O. The van der Waals surface area contributed by atoms with Gasteiger partial charge in [-0.2, -0.15) is 0 Å². The number of ketones is 1. The minimum absolute atomic E-state index is 0.0315. The van der Waals surface area contributed by atoms with E-state index in [-0.39, 0.29) is 25.0 Å². The maximum atomic E-state index is 11.7. The molecule has 0 spiro atoms. The van der Waals surface area contributed by atoms with E-state index in [1.807, 2.05) is 0 Å². The predicted octanol–water partition coefficient (Wildman–Crippen LogP) is 5.44. The zero-order chi connectivity index (χ0) is 19.6. The Morgan fingerprint density at radius 3 is 1.77 bits per heavy atom. The lowest BCUT2D eigenvalue weighted by molar-refractivity contribution is -0.154. The van der Waals surface area contributed by atoms with Crippen LogP contribution in [0.3, 0.4) is 0 Å². The van der Waals surface area contributed by atoms with Crippen molar-refractivity contribution in [1.82, 2.24) is 0 Å². The number of ether oxygens (including phenoxy) is 1. The van der Waals surface area contributed by atoms with Crippen LogP contribution in [0, 0.1) is 0 Å². The lowest BCUT2D eigenvalue weighted by Gasteiger charge is -2.16. The number of carbonyl (C=O) groups is 3. The molecule has 0 saturated carbocycles. The van der Waals surface area contributed by atoms with Gasteiger partial charge in [-0.25, -0.2) is 0 Å². The summed E-state index contributed by atoms with van der Waals surface area (Å²) in [5, 5.41) is 8.95. The van der Waals surface area contributed by atoms with Gasteiger partial charge in [0.2, 0.25) is 0 Å². The van der Waals surface area contributed by atoms with Crippen molar-refractivity contribution in [1.29, 1.82) is 0 Å². The lowest BCUT2D eigenvalue weighted by atomic mass is 10.0. The van der Waals surface area contributed by atoms with E-state index in [1.165, 1.54) is 58.3 Å². The fourth-order valence-electron chi connectivity index (χ4n) is 2.96. The molecule has 152 valence electrons. The van der Waals surface area contributed by atoms with Gasteiger partial charge in [-0.15, -0.1) is 0 Å². The van der Waals surface area contributed by atoms with Gasteiger partial charge in [0.15, 0.2) is 0 Å². The highest BCUT2D eigenvalue weighted by Gasteiger charge is 2.18. The molecule has 0 aliphatic carbocycles. The molecule has 0 aliphatic rings. The molecule has 0 aliphatic heterocycles. The molecule has 0 fully saturated rings. The van der Waals surface area contributed by atoms with Crippen LogP contribution in [-0.2, 0) is 19.1 Å². The van der Waals surface area contributed by atoms with Crippen molar-refractivity contribution < 1.29 is 24.2 Å². The first-order chi connectivity index (χ1) is 12.5. The third-order valence-electron chi connectivity index (χ3n) is 4.51. The smallest absolute Gasteiger partial charge is 0.307 e. The second-order valence-corrected chi connectivity index (χ2v) is 7.24. The van der Waals surface area contributed by atoms with Crippen molar-refractivity contribution in [2.45, 2.75) is 116 Å². The van der Waals surface area contributed by atoms with Gasteiger partial charge in [0.25, 0.3) is 0 Å². The summed E-state index contributed by atoms with van der Waals surface area (Å²) in [6.45, 7) is 3.65. The van der Waals surface area contributed by atoms with Crippen molar-refractivity contribution in [3.05, 3.63) is 0 Å². The molecule has 0 heterocycles. The van der Waals surface area contributed by atoms with Gasteiger partial charge in [-0.3, -0.25) is 9.59 Å². The second kappa shape index (κ2) is 17.0. The van der Waals surface area contributed by atoms with E-state index in [1.54, 1.807) is 0 Å². The van der Waals surface area contributed by atoms with Gasteiger partial charge in [-0.05, 0) is 19.8 Å². The maximum Gasteiger partial charge on any atom is 0.307 e. The van der Waals surface area contributed by atoms with Crippen LogP contribution in [0.5, 0.6) is 0 Å². The summed E-state index contributed by atoms with van der Waals surface area (Å²) in [4.78, 5) is 33.5. The molecule has 0 aromatic heterocycles. The summed E-state index contributed by atoms with van der Waals surface area (Å²) in [7, 11) is 0. The number of hydrogen-bond donors (Lipinski definition) is 1. The van der Waals surface area contributed by atoms with E-state index >= 15 is 0 Å². The van der Waals surface area contributed by atoms with E-state index in [9.17, 15) is 14.4 Å². The zero-order valence-electron chi connectivity index (χ0n) is 16.8. The van der Waals surface area contributed by atoms with Crippen LogP contribution in [0.2, 0.25) is 0 Å². The molecule has 1 atom stereocenters. The number of carbonyl (C=O) groups excluding carboxylic acids is 2. The van der Waals surface area contributed by atoms with Crippen LogP contribution in [0.1, 0.15) is 110 Å². The summed E-state index contributed by atoms with van der Waals surface area (Å²) in [6, 6.07) is 0. The average molecular weight is 371 g/mol. The predicted molar refractivity (Wildman–Crippen MR) is 103 cm³/mol. The summed E-state index contributed by atoms with van der Waals surface area (Å²) in [5.74, 6) is -1.51. The molecule has 0 unspecified atom stereocenters. The molecule has 0 saturated heterocycles. The first-order valence-corrected chi connectivity index (χ1v) is 10.4. The van der Waals surface area contributed by atoms with E-state index in [4.69, 9.17) is 9.84 Å². The molecule has 26 heavy (non-hydrogen) atoms. The van der Waals surface area contributed by atoms with Gasteiger partial charge in [0.05, 0.1) is 12.8 Å². The van der Waals surface area contributed by atoms with Crippen molar-refractivity contribution >= 4 is 17.7 Å². The van der Waals surface area contributed by atoms with E-state index < -0.39 is 18.0 Å². The zero-order valence-corrected chi connectivity index (χ0v) is 16.8. The first-order valence-electron chi connectivity index (χ1n) is 10.4. The van der Waals surface area contributed by atoms with Crippen LogP contribution >= 0.6 is 0 Å². The van der Waals surface area contributed by atoms with Crippen LogP contribution in [-0.4, -0.2) is 28.9 Å². The highest BCUT2D eigenvalue weighted by Crippen LogP contribution is 2.15. The molecule has 0 bridgehead atoms. The van der Waals surface area contributed by atoms with E-state index in [0.717, 1.165) is 19.3 Å². The number of aliphatic carboxylic acids is 1. The Balaban J connectivity index is 3.75. The topological polar surface area (TPSA) is 80.7 Å². The van der Waals surface area contributed by atoms with E-state index in [0.29, 0.717) is 6.42 Å². The summed E-state index contributed by atoms with van der Waals surface area (Å²) < 4.78 is 5.23. The summed E-state index contributed by atoms with van der Waals surface area (Å²) in [6.07, 6.45) is 13.5. The second-order valence-electron chi connectivity index (χ2n) is 7.24. The number of unbranched alkanes of at least 4 members (excludes halogenated alkanes) is 10. The molecule has 0 rings (SSSR count). The Bertz CT molecular complexity index is 392. The standard InChI is InChI=1S/C21H38O5/c1-3-4-5-6-7-8-9-10-11-12-13-14-19(17-20(23)24)26-21(25)16-15-18(2)22/h19H,3-17H2,1-2H3,(H,23,24)/t19-/m1/s1. The third kappa shape index (κ3) is 17.4. The summed E-state index contributed by atoms with van der Waals surface area (Å²) >= 11 is 0. The Hall–Kier alpha value is -1.39. The minimum atomic E-state index is -0.961. The van der Waals surface area contributed by atoms with Crippen molar-refractivity contribution in [3.8, 4) is 0 Å². The van der Waals surface area contributed by atoms with Crippen LogP contribution in [0.4, 0.5) is 0 Å². The van der Waals surface area contributed by atoms with Gasteiger partial charge < -0.3 is 14.6 Å². The number of Topliss-reactive ketones (excluding diaryl/α,β-unsaturated/α-hetero) is 1.